The zero-order valence-corrected chi connectivity index (χ0v) is 12.5. The highest BCUT2D eigenvalue weighted by Gasteiger charge is 2.22. The molecule has 2 saturated heterocycles. The van der Waals surface area contributed by atoms with Crippen LogP contribution in [0.5, 0.6) is 0 Å². The molecule has 0 saturated carbocycles. The molecule has 0 spiro atoms. The summed E-state index contributed by atoms with van der Waals surface area (Å²) in [5.41, 5.74) is 0. The molecule has 5 heteroatoms. The Morgan fingerprint density at radius 2 is 1.95 bits per heavy atom. The topological polar surface area (TPSA) is 35.6 Å². The monoisotopic (exact) mass is 283 g/mol. The molecule has 2 fully saturated rings. The number of hydrogen-bond acceptors (Lipinski definition) is 4. The molecular weight excluding hydrogens is 258 g/mol. The lowest BCUT2D eigenvalue weighted by Gasteiger charge is -2.34. The first-order chi connectivity index (χ1) is 9.29. The molecule has 108 valence electrons. The maximum atomic E-state index is 12.2. The van der Waals surface area contributed by atoms with Crippen molar-refractivity contribution in [1.82, 2.24) is 15.1 Å². The normalized spacial score (nSPS) is 22.4. The summed E-state index contributed by atoms with van der Waals surface area (Å²) < 4.78 is 0. The van der Waals surface area contributed by atoms with Gasteiger partial charge in [0.25, 0.3) is 0 Å². The van der Waals surface area contributed by atoms with Crippen LogP contribution in [0.1, 0.15) is 12.8 Å². The largest absolute Gasteiger partial charge is 0.339 e. The Bertz CT molecular complexity index is 297. The summed E-state index contributed by atoms with van der Waals surface area (Å²) in [6.45, 7) is 10.6. The van der Waals surface area contributed by atoms with Gasteiger partial charge < -0.3 is 10.2 Å². The van der Waals surface area contributed by atoms with Gasteiger partial charge in [-0.1, -0.05) is 6.08 Å². The zero-order chi connectivity index (χ0) is 13.5. The van der Waals surface area contributed by atoms with E-state index in [2.05, 4.69) is 16.8 Å². The molecule has 0 aromatic heterocycles. The predicted octanol–water partition coefficient (Wildman–Crippen LogP) is 0.802. The number of hydrogen-bond donors (Lipinski definition) is 1. The fraction of sp³-hybridized carbons (Fsp3) is 0.786. The van der Waals surface area contributed by atoms with E-state index in [1.165, 1.54) is 12.8 Å². The van der Waals surface area contributed by atoms with Crippen molar-refractivity contribution in [3.63, 3.8) is 0 Å². The SMILES string of the molecule is C=CCN1CCN(C(=O)CSC2CCNCC2)CC1. The maximum absolute atomic E-state index is 12.2. The number of carbonyl (C=O) groups is 1. The molecule has 0 aromatic rings. The Balaban J connectivity index is 1.64. The van der Waals surface area contributed by atoms with Gasteiger partial charge in [0.05, 0.1) is 5.75 Å². The lowest BCUT2D eigenvalue weighted by atomic mass is 10.2. The quantitative estimate of drug-likeness (QED) is 0.757. The summed E-state index contributed by atoms with van der Waals surface area (Å²) in [5.74, 6) is 0.980. The highest BCUT2D eigenvalue weighted by molar-refractivity contribution is 8.00. The van der Waals surface area contributed by atoms with E-state index < -0.39 is 0 Å². The van der Waals surface area contributed by atoms with E-state index in [1.54, 1.807) is 0 Å². The number of thioether (sulfide) groups is 1. The summed E-state index contributed by atoms with van der Waals surface area (Å²) in [7, 11) is 0. The number of piperidine rings is 1. The van der Waals surface area contributed by atoms with Gasteiger partial charge >= 0.3 is 0 Å². The van der Waals surface area contributed by atoms with Gasteiger partial charge in [0.15, 0.2) is 0 Å². The third kappa shape index (κ3) is 4.82. The summed E-state index contributed by atoms with van der Waals surface area (Å²) in [6.07, 6.45) is 4.33. The van der Waals surface area contributed by atoms with Crippen LogP contribution < -0.4 is 5.32 Å². The van der Waals surface area contributed by atoms with Crippen LogP contribution in [0.25, 0.3) is 0 Å². The molecule has 19 heavy (non-hydrogen) atoms. The third-order valence-corrected chi connectivity index (χ3v) is 5.20. The molecule has 0 aromatic carbocycles. The van der Waals surface area contributed by atoms with E-state index in [1.807, 2.05) is 22.7 Å². The van der Waals surface area contributed by atoms with Crippen molar-refractivity contribution < 1.29 is 4.79 Å². The number of amides is 1. The van der Waals surface area contributed by atoms with Crippen molar-refractivity contribution in [3.8, 4) is 0 Å². The summed E-state index contributed by atoms with van der Waals surface area (Å²) in [6, 6.07) is 0. The Hall–Kier alpha value is -0.520. The molecule has 2 aliphatic rings. The number of piperazine rings is 1. The van der Waals surface area contributed by atoms with Gasteiger partial charge in [-0.25, -0.2) is 0 Å². The van der Waals surface area contributed by atoms with Gasteiger partial charge in [-0.2, -0.15) is 0 Å². The summed E-state index contributed by atoms with van der Waals surface area (Å²) >= 11 is 1.85. The minimum absolute atomic E-state index is 0.321. The molecule has 0 aliphatic carbocycles. The standard InChI is InChI=1S/C14H25N3OS/c1-2-7-16-8-10-17(11-9-16)14(18)12-19-13-3-5-15-6-4-13/h2,13,15H,1,3-12H2. The minimum Gasteiger partial charge on any atom is -0.339 e. The molecule has 1 amide bonds. The molecule has 0 unspecified atom stereocenters. The van der Waals surface area contributed by atoms with E-state index in [9.17, 15) is 4.79 Å². The molecule has 0 radical (unpaired) electrons. The highest BCUT2D eigenvalue weighted by Crippen LogP contribution is 2.20. The maximum Gasteiger partial charge on any atom is 0.232 e. The molecular formula is C14H25N3OS. The highest BCUT2D eigenvalue weighted by atomic mass is 32.2. The van der Waals surface area contributed by atoms with Crippen LogP contribution in [0.4, 0.5) is 0 Å². The van der Waals surface area contributed by atoms with Crippen molar-refractivity contribution in [2.45, 2.75) is 18.1 Å². The van der Waals surface area contributed by atoms with Crippen LogP contribution in [0, 0.1) is 0 Å². The Morgan fingerprint density at radius 3 is 2.58 bits per heavy atom. The Labute approximate surface area is 120 Å². The van der Waals surface area contributed by atoms with Crippen LogP contribution >= 0.6 is 11.8 Å². The van der Waals surface area contributed by atoms with Gasteiger partial charge in [-0.15, -0.1) is 18.3 Å². The summed E-state index contributed by atoms with van der Waals surface area (Å²) in [4.78, 5) is 16.5. The second kappa shape index (κ2) is 7.92. The molecule has 2 heterocycles. The number of nitrogens with one attached hydrogen (secondary N) is 1. The Kier molecular flexibility index (Phi) is 6.20. The molecule has 0 atom stereocenters. The van der Waals surface area contributed by atoms with E-state index in [0.717, 1.165) is 45.8 Å². The van der Waals surface area contributed by atoms with E-state index >= 15 is 0 Å². The minimum atomic E-state index is 0.321. The zero-order valence-electron chi connectivity index (χ0n) is 11.6. The number of carbonyl (C=O) groups excluding carboxylic acids is 1. The molecule has 1 N–H and O–H groups in total. The van der Waals surface area contributed by atoms with Crippen molar-refractivity contribution in [2.75, 3.05) is 51.6 Å². The number of nitrogens with zero attached hydrogens (tertiary/aromatic N) is 2. The van der Waals surface area contributed by atoms with Gasteiger partial charge in [-0.05, 0) is 25.9 Å². The van der Waals surface area contributed by atoms with E-state index in [-0.39, 0.29) is 0 Å². The average molecular weight is 283 g/mol. The van der Waals surface area contributed by atoms with Crippen LogP contribution in [0.3, 0.4) is 0 Å². The van der Waals surface area contributed by atoms with Crippen LogP contribution in [-0.4, -0.2) is 72.5 Å². The lowest BCUT2D eigenvalue weighted by molar-refractivity contribution is -0.130. The number of rotatable bonds is 5. The first-order valence-corrected chi connectivity index (χ1v) is 8.28. The molecule has 0 bridgehead atoms. The Morgan fingerprint density at radius 1 is 1.26 bits per heavy atom. The van der Waals surface area contributed by atoms with Gasteiger partial charge in [0.1, 0.15) is 0 Å². The molecule has 2 rings (SSSR count). The predicted molar refractivity (Wildman–Crippen MR) is 81.6 cm³/mol. The van der Waals surface area contributed by atoms with Crippen LogP contribution in [0.2, 0.25) is 0 Å². The fourth-order valence-corrected chi connectivity index (χ4v) is 3.73. The van der Waals surface area contributed by atoms with Gasteiger partial charge in [-0.3, -0.25) is 9.69 Å². The van der Waals surface area contributed by atoms with E-state index in [0.29, 0.717) is 16.9 Å². The third-order valence-electron chi connectivity index (χ3n) is 3.84. The van der Waals surface area contributed by atoms with Gasteiger partial charge in [0, 0.05) is 38.0 Å². The van der Waals surface area contributed by atoms with Crippen molar-refractivity contribution in [3.05, 3.63) is 12.7 Å². The van der Waals surface area contributed by atoms with Gasteiger partial charge in [0.2, 0.25) is 5.91 Å². The average Bonchev–Trinajstić information content (AvgIpc) is 2.47. The van der Waals surface area contributed by atoms with E-state index in [4.69, 9.17) is 0 Å². The van der Waals surface area contributed by atoms with Crippen molar-refractivity contribution >= 4 is 17.7 Å². The first-order valence-electron chi connectivity index (χ1n) is 7.23. The second-order valence-electron chi connectivity index (χ2n) is 5.23. The van der Waals surface area contributed by atoms with Crippen molar-refractivity contribution in [2.24, 2.45) is 0 Å². The van der Waals surface area contributed by atoms with Crippen LogP contribution in [0.15, 0.2) is 12.7 Å². The fourth-order valence-electron chi connectivity index (χ4n) is 2.60. The first kappa shape index (κ1) is 14.9. The summed E-state index contributed by atoms with van der Waals surface area (Å²) in [5, 5.41) is 4.03. The smallest absolute Gasteiger partial charge is 0.232 e. The lowest BCUT2D eigenvalue weighted by Crippen LogP contribution is -2.49. The molecule has 4 nitrogen and oxygen atoms in total. The van der Waals surface area contributed by atoms with Crippen LogP contribution in [-0.2, 0) is 4.79 Å². The van der Waals surface area contributed by atoms with Crippen molar-refractivity contribution in [1.29, 1.82) is 0 Å². The molecule has 2 aliphatic heterocycles. The second-order valence-corrected chi connectivity index (χ2v) is 6.52.